The molecule has 0 atom stereocenters. The Balaban J connectivity index is 2.01. The van der Waals surface area contributed by atoms with E-state index in [9.17, 15) is 9.50 Å². The number of hydrogen-bond donors (Lipinski definition) is 2. The summed E-state index contributed by atoms with van der Waals surface area (Å²) in [5.41, 5.74) is 1.28. The van der Waals surface area contributed by atoms with Crippen LogP contribution in [0.5, 0.6) is 11.5 Å². The Labute approximate surface area is 125 Å². The van der Waals surface area contributed by atoms with Crippen molar-refractivity contribution in [1.82, 2.24) is 5.32 Å². The van der Waals surface area contributed by atoms with E-state index in [1.54, 1.807) is 30.3 Å². The van der Waals surface area contributed by atoms with Crippen molar-refractivity contribution in [3.63, 3.8) is 0 Å². The second-order valence-corrected chi connectivity index (χ2v) is 5.23. The Morgan fingerprint density at radius 2 is 1.95 bits per heavy atom. The topological polar surface area (TPSA) is 41.5 Å². The van der Waals surface area contributed by atoms with Gasteiger partial charge in [-0.25, -0.2) is 4.39 Å². The van der Waals surface area contributed by atoms with E-state index < -0.39 is 0 Å². The van der Waals surface area contributed by atoms with Crippen LogP contribution >= 0.6 is 15.9 Å². The molecule has 0 aromatic heterocycles. The Bertz CT molecular complexity index is 604. The van der Waals surface area contributed by atoms with Crippen LogP contribution in [0.25, 0.3) is 0 Å². The van der Waals surface area contributed by atoms with Gasteiger partial charge in [0.05, 0.1) is 7.11 Å². The molecule has 106 valence electrons. The summed E-state index contributed by atoms with van der Waals surface area (Å²) in [7, 11) is 1.44. The summed E-state index contributed by atoms with van der Waals surface area (Å²) >= 11 is 3.35. The highest BCUT2D eigenvalue weighted by molar-refractivity contribution is 9.10. The van der Waals surface area contributed by atoms with Crippen LogP contribution in [-0.4, -0.2) is 12.2 Å². The van der Waals surface area contributed by atoms with Crippen molar-refractivity contribution in [2.24, 2.45) is 0 Å². The number of halogens is 2. The van der Waals surface area contributed by atoms with Crippen LogP contribution in [0, 0.1) is 5.82 Å². The minimum absolute atomic E-state index is 0.215. The van der Waals surface area contributed by atoms with E-state index in [0.717, 1.165) is 10.0 Å². The first-order valence-electron chi connectivity index (χ1n) is 6.11. The van der Waals surface area contributed by atoms with Crippen LogP contribution < -0.4 is 10.1 Å². The van der Waals surface area contributed by atoms with Crippen molar-refractivity contribution in [1.29, 1.82) is 0 Å². The molecule has 0 bridgehead atoms. The molecular weight excluding hydrogens is 325 g/mol. The SMILES string of the molecule is COc1cccc(CNCc2cc(Br)ccc2O)c1F. The largest absolute Gasteiger partial charge is 0.508 e. The summed E-state index contributed by atoms with van der Waals surface area (Å²) in [6.45, 7) is 0.802. The molecule has 0 heterocycles. The summed E-state index contributed by atoms with van der Waals surface area (Å²) in [6.07, 6.45) is 0. The molecule has 0 aliphatic rings. The lowest BCUT2D eigenvalue weighted by Crippen LogP contribution is -2.14. The maximum absolute atomic E-state index is 13.9. The molecule has 0 aliphatic heterocycles. The third-order valence-electron chi connectivity index (χ3n) is 2.94. The van der Waals surface area contributed by atoms with E-state index in [-0.39, 0.29) is 17.3 Å². The standard InChI is InChI=1S/C15H15BrFNO2/c1-20-14-4-2-3-10(15(14)17)8-18-9-11-7-12(16)5-6-13(11)19/h2-7,18-19H,8-9H2,1H3. The van der Waals surface area contributed by atoms with E-state index in [4.69, 9.17) is 4.74 Å². The van der Waals surface area contributed by atoms with Gasteiger partial charge in [0.15, 0.2) is 11.6 Å². The smallest absolute Gasteiger partial charge is 0.169 e. The fraction of sp³-hybridized carbons (Fsp3) is 0.200. The van der Waals surface area contributed by atoms with E-state index in [2.05, 4.69) is 21.2 Å². The molecule has 0 radical (unpaired) electrons. The number of ether oxygens (including phenoxy) is 1. The zero-order valence-corrected chi connectivity index (χ0v) is 12.6. The van der Waals surface area contributed by atoms with Gasteiger partial charge < -0.3 is 15.2 Å². The first-order chi connectivity index (χ1) is 9.61. The third kappa shape index (κ3) is 3.49. The molecule has 0 saturated heterocycles. The van der Waals surface area contributed by atoms with Crippen LogP contribution in [0.2, 0.25) is 0 Å². The number of aromatic hydroxyl groups is 1. The molecule has 0 unspecified atom stereocenters. The fourth-order valence-electron chi connectivity index (χ4n) is 1.88. The van der Waals surface area contributed by atoms with Crippen LogP contribution in [0.15, 0.2) is 40.9 Å². The van der Waals surface area contributed by atoms with Gasteiger partial charge in [-0.2, -0.15) is 0 Å². The van der Waals surface area contributed by atoms with Crippen LogP contribution in [0.4, 0.5) is 4.39 Å². The first kappa shape index (κ1) is 14.8. The number of nitrogens with one attached hydrogen (secondary N) is 1. The molecule has 0 spiro atoms. The second-order valence-electron chi connectivity index (χ2n) is 4.31. The quantitative estimate of drug-likeness (QED) is 0.874. The van der Waals surface area contributed by atoms with Gasteiger partial charge in [0.1, 0.15) is 5.75 Å². The van der Waals surface area contributed by atoms with Crippen molar-refractivity contribution in [3.05, 3.63) is 57.8 Å². The third-order valence-corrected chi connectivity index (χ3v) is 3.43. The molecular formula is C15H15BrFNO2. The molecule has 0 amide bonds. The molecule has 3 nitrogen and oxygen atoms in total. The molecule has 0 fully saturated rings. The van der Waals surface area contributed by atoms with Crippen molar-refractivity contribution in [2.45, 2.75) is 13.1 Å². The summed E-state index contributed by atoms with van der Waals surface area (Å²) in [4.78, 5) is 0. The zero-order chi connectivity index (χ0) is 14.5. The molecule has 2 N–H and O–H groups in total. The molecule has 5 heteroatoms. The van der Waals surface area contributed by atoms with Crippen molar-refractivity contribution in [2.75, 3.05) is 7.11 Å². The van der Waals surface area contributed by atoms with Gasteiger partial charge >= 0.3 is 0 Å². The van der Waals surface area contributed by atoms with Gasteiger partial charge in [0, 0.05) is 28.7 Å². The maximum atomic E-state index is 13.9. The Morgan fingerprint density at radius 1 is 1.20 bits per heavy atom. The van der Waals surface area contributed by atoms with E-state index >= 15 is 0 Å². The Kier molecular flexibility index (Phi) is 4.98. The molecule has 0 aliphatic carbocycles. The molecule has 2 aromatic carbocycles. The van der Waals surface area contributed by atoms with Crippen molar-refractivity contribution in [3.8, 4) is 11.5 Å². The minimum atomic E-state index is -0.360. The second kappa shape index (κ2) is 6.72. The van der Waals surface area contributed by atoms with Crippen molar-refractivity contribution < 1.29 is 14.2 Å². The number of phenolic OH excluding ortho intramolecular Hbond substituents is 1. The van der Waals surface area contributed by atoms with E-state index in [1.165, 1.54) is 7.11 Å². The van der Waals surface area contributed by atoms with Crippen LogP contribution in [-0.2, 0) is 13.1 Å². The minimum Gasteiger partial charge on any atom is -0.508 e. The first-order valence-corrected chi connectivity index (χ1v) is 6.90. The zero-order valence-electron chi connectivity index (χ0n) is 11.0. The average molecular weight is 340 g/mol. The lowest BCUT2D eigenvalue weighted by molar-refractivity contribution is 0.383. The number of benzene rings is 2. The fourth-order valence-corrected chi connectivity index (χ4v) is 2.29. The van der Waals surface area contributed by atoms with Gasteiger partial charge in [-0.15, -0.1) is 0 Å². The van der Waals surface area contributed by atoms with E-state index in [1.807, 2.05) is 6.07 Å². The summed E-state index contributed by atoms with van der Waals surface area (Å²) in [5, 5.41) is 12.8. The monoisotopic (exact) mass is 339 g/mol. The molecule has 2 rings (SSSR count). The van der Waals surface area contributed by atoms with Crippen LogP contribution in [0.1, 0.15) is 11.1 Å². The number of hydrogen-bond acceptors (Lipinski definition) is 3. The molecule has 0 saturated carbocycles. The van der Waals surface area contributed by atoms with Gasteiger partial charge in [-0.05, 0) is 24.3 Å². The predicted molar refractivity (Wildman–Crippen MR) is 79.3 cm³/mol. The van der Waals surface area contributed by atoms with Gasteiger partial charge in [-0.1, -0.05) is 28.1 Å². The highest BCUT2D eigenvalue weighted by Crippen LogP contribution is 2.22. The van der Waals surface area contributed by atoms with Gasteiger partial charge in [-0.3, -0.25) is 0 Å². The predicted octanol–water partition coefficient (Wildman–Crippen LogP) is 3.59. The maximum Gasteiger partial charge on any atom is 0.169 e. The average Bonchev–Trinajstić information content (AvgIpc) is 2.44. The van der Waals surface area contributed by atoms with Crippen LogP contribution in [0.3, 0.4) is 0 Å². The Hall–Kier alpha value is -1.59. The van der Waals surface area contributed by atoms with E-state index in [0.29, 0.717) is 18.7 Å². The summed E-state index contributed by atoms with van der Waals surface area (Å²) in [5.74, 6) is 0.0855. The molecule has 2 aromatic rings. The number of rotatable bonds is 5. The van der Waals surface area contributed by atoms with Gasteiger partial charge in [0.25, 0.3) is 0 Å². The normalized spacial score (nSPS) is 10.6. The summed E-state index contributed by atoms with van der Waals surface area (Å²) in [6, 6.07) is 10.2. The molecule has 20 heavy (non-hydrogen) atoms. The summed E-state index contributed by atoms with van der Waals surface area (Å²) < 4.78 is 19.7. The Morgan fingerprint density at radius 3 is 2.70 bits per heavy atom. The lowest BCUT2D eigenvalue weighted by Gasteiger charge is -2.10. The number of phenols is 1. The highest BCUT2D eigenvalue weighted by atomic mass is 79.9. The number of methoxy groups -OCH3 is 1. The van der Waals surface area contributed by atoms with Gasteiger partial charge in [0.2, 0.25) is 0 Å². The lowest BCUT2D eigenvalue weighted by atomic mass is 10.1. The van der Waals surface area contributed by atoms with Crippen molar-refractivity contribution >= 4 is 15.9 Å². The highest BCUT2D eigenvalue weighted by Gasteiger charge is 2.08.